The lowest BCUT2D eigenvalue weighted by Crippen LogP contribution is -2.32. The SMILES string of the molecule is CNC(=O)CC1CC(C(C)C)C(CO)C=C1C. The zero-order chi connectivity index (χ0) is 13.0. The fourth-order valence-electron chi connectivity index (χ4n) is 2.81. The molecule has 0 fully saturated rings. The van der Waals surface area contributed by atoms with E-state index >= 15 is 0 Å². The second-order valence-electron chi connectivity index (χ2n) is 5.47. The quantitative estimate of drug-likeness (QED) is 0.737. The van der Waals surface area contributed by atoms with Crippen LogP contribution in [0.25, 0.3) is 0 Å². The van der Waals surface area contributed by atoms with E-state index < -0.39 is 0 Å². The van der Waals surface area contributed by atoms with E-state index in [1.165, 1.54) is 5.57 Å². The number of carbonyl (C=O) groups is 1. The van der Waals surface area contributed by atoms with Crippen molar-refractivity contribution in [2.24, 2.45) is 23.7 Å². The van der Waals surface area contributed by atoms with Gasteiger partial charge in [0.1, 0.15) is 0 Å². The van der Waals surface area contributed by atoms with Gasteiger partial charge in [0.15, 0.2) is 0 Å². The maximum Gasteiger partial charge on any atom is 0.220 e. The third-order valence-corrected chi connectivity index (χ3v) is 4.01. The van der Waals surface area contributed by atoms with Crippen molar-refractivity contribution in [1.29, 1.82) is 0 Å². The van der Waals surface area contributed by atoms with E-state index in [1.807, 2.05) is 0 Å². The highest BCUT2D eigenvalue weighted by atomic mass is 16.3. The highest BCUT2D eigenvalue weighted by Gasteiger charge is 2.31. The lowest BCUT2D eigenvalue weighted by Gasteiger charge is -2.36. The van der Waals surface area contributed by atoms with Gasteiger partial charge in [-0.2, -0.15) is 0 Å². The Morgan fingerprint density at radius 1 is 1.59 bits per heavy atom. The Morgan fingerprint density at radius 2 is 2.24 bits per heavy atom. The highest BCUT2D eigenvalue weighted by molar-refractivity contribution is 5.76. The average Bonchev–Trinajstić information content (AvgIpc) is 2.30. The molecule has 3 nitrogen and oxygen atoms in total. The highest BCUT2D eigenvalue weighted by Crippen LogP contribution is 2.38. The molecule has 17 heavy (non-hydrogen) atoms. The molecule has 1 aliphatic carbocycles. The second-order valence-corrected chi connectivity index (χ2v) is 5.47. The zero-order valence-electron chi connectivity index (χ0n) is 11.4. The predicted octanol–water partition coefficient (Wildman–Crippen LogP) is 1.97. The van der Waals surface area contributed by atoms with Gasteiger partial charge in [0.05, 0.1) is 0 Å². The van der Waals surface area contributed by atoms with Gasteiger partial charge in [-0.15, -0.1) is 0 Å². The van der Waals surface area contributed by atoms with Gasteiger partial charge >= 0.3 is 0 Å². The molecule has 1 aliphatic rings. The Balaban J connectivity index is 2.78. The van der Waals surface area contributed by atoms with Crippen molar-refractivity contribution >= 4 is 5.91 Å². The lowest BCUT2D eigenvalue weighted by molar-refractivity contribution is -0.121. The largest absolute Gasteiger partial charge is 0.396 e. The van der Waals surface area contributed by atoms with E-state index in [2.05, 4.69) is 32.2 Å². The van der Waals surface area contributed by atoms with E-state index in [0.717, 1.165) is 6.42 Å². The minimum absolute atomic E-state index is 0.104. The van der Waals surface area contributed by atoms with E-state index in [9.17, 15) is 9.90 Å². The van der Waals surface area contributed by atoms with E-state index in [4.69, 9.17) is 0 Å². The van der Waals surface area contributed by atoms with Gasteiger partial charge in [-0.25, -0.2) is 0 Å². The number of aliphatic hydroxyl groups is 1. The molecule has 0 spiro atoms. The standard InChI is InChI=1S/C14H25NO2/c1-9(2)13-6-11(7-14(17)15-4)10(3)5-12(13)8-16/h5,9,11-13,16H,6-8H2,1-4H3,(H,15,17). The number of carbonyl (C=O) groups excluding carboxylic acids is 1. The molecule has 0 aromatic rings. The van der Waals surface area contributed by atoms with Gasteiger partial charge in [-0.3, -0.25) is 4.79 Å². The minimum Gasteiger partial charge on any atom is -0.396 e. The Kier molecular flexibility index (Phi) is 5.19. The van der Waals surface area contributed by atoms with Crippen molar-refractivity contribution < 1.29 is 9.90 Å². The smallest absolute Gasteiger partial charge is 0.220 e. The first-order chi connectivity index (χ1) is 7.99. The van der Waals surface area contributed by atoms with Crippen LogP contribution in [-0.4, -0.2) is 24.7 Å². The molecule has 0 aromatic heterocycles. The summed E-state index contributed by atoms with van der Waals surface area (Å²) in [7, 11) is 1.68. The van der Waals surface area contributed by atoms with Gasteiger partial charge in [0.2, 0.25) is 5.91 Å². The Morgan fingerprint density at radius 3 is 2.71 bits per heavy atom. The molecule has 0 aromatic carbocycles. The molecular formula is C14H25NO2. The molecule has 1 rings (SSSR count). The summed E-state index contributed by atoms with van der Waals surface area (Å²) in [5.41, 5.74) is 1.25. The molecule has 0 saturated heterocycles. The maximum atomic E-state index is 11.5. The fraction of sp³-hybridized carbons (Fsp3) is 0.786. The van der Waals surface area contributed by atoms with Gasteiger partial charge in [-0.05, 0) is 31.1 Å². The van der Waals surface area contributed by atoms with Crippen LogP contribution < -0.4 is 5.32 Å². The van der Waals surface area contributed by atoms with Gasteiger partial charge in [-0.1, -0.05) is 25.5 Å². The van der Waals surface area contributed by atoms with Crippen LogP contribution >= 0.6 is 0 Å². The Bertz CT molecular complexity index is 297. The van der Waals surface area contributed by atoms with Crippen molar-refractivity contribution in [3.8, 4) is 0 Å². The molecule has 1 amide bonds. The summed E-state index contributed by atoms with van der Waals surface area (Å²) in [4.78, 5) is 11.5. The van der Waals surface area contributed by atoms with Crippen molar-refractivity contribution in [2.75, 3.05) is 13.7 Å². The number of nitrogens with one attached hydrogen (secondary N) is 1. The summed E-state index contributed by atoms with van der Waals surface area (Å²) < 4.78 is 0. The number of allylic oxidation sites excluding steroid dienone is 1. The number of rotatable bonds is 4. The average molecular weight is 239 g/mol. The summed E-state index contributed by atoms with van der Waals surface area (Å²) >= 11 is 0. The van der Waals surface area contributed by atoms with Gasteiger partial charge in [0.25, 0.3) is 0 Å². The van der Waals surface area contributed by atoms with Crippen LogP contribution in [0.3, 0.4) is 0 Å². The van der Waals surface area contributed by atoms with Gasteiger partial charge in [0, 0.05) is 26.0 Å². The van der Waals surface area contributed by atoms with E-state index in [1.54, 1.807) is 7.05 Å². The fourth-order valence-corrected chi connectivity index (χ4v) is 2.81. The molecule has 0 bridgehead atoms. The van der Waals surface area contributed by atoms with Crippen LogP contribution in [0.5, 0.6) is 0 Å². The van der Waals surface area contributed by atoms with Gasteiger partial charge < -0.3 is 10.4 Å². The predicted molar refractivity (Wildman–Crippen MR) is 69.5 cm³/mol. The normalized spacial score (nSPS) is 29.1. The van der Waals surface area contributed by atoms with Crippen LogP contribution in [0.15, 0.2) is 11.6 Å². The third kappa shape index (κ3) is 3.56. The molecule has 3 heteroatoms. The molecule has 0 aliphatic heterocycles. The monoisotopic (exact) mass is 239 g/mol. The summed E-state index contributed by atoms with van der Waals surface area (Å²) in [5.74, 6) is 1.73. The lowest BCUT2D eigenvalue weighted by atomic mass is 9.70. The molecule has 0 radical (unpaired) electrons. The summed E-state index contributed by atoms with van der Waals surface area (Å²) in [5, 5.41) is 12.1. The molecular weight excluding hydrogens is 214 g/mol. The first-order valence-corrected chi connectivity index (χ1v) is 6.49. The molecule has 98 valence electrons. The summed E-state index contributed by atoms with van der Waals surface area (Å²) in [6.45, 7) is 6.68. The Hall–Kier alpha value is -0.830. The summed E-state index contributed by atoms with van der Waals surface area (Å²) in [6, 6.07) is 0. The van der Waals surface area contributed by atoms with Crippen LogP contribution in [0, 0.1) is 23.7 Å². The molecule has 2 N–H and O–H groups in total. The Labute approximate surface area is 104 Å². The topological polar surface area (TPSA) is 49.3 Å². The van der Waals surface area contributed by atoms with Crippen molar-refractivity contribution in [3.63, 3.8) is 0 Å². The second kappa shape index (κ2) is 6.20. The number of hydrogen-bond acceptors (Lipinski definition) is 2. The number of amides is 1. The zero-order valence-corrected chi connectivity index (χ0v) is 11.4. The van der Waals surface area contributed by atoms with E-state index in [0.29, 0.717) is 24.2 Å². The molecule has 3 unspecified atom stereocenters. The number of hydrogen-bond donors (Lipinski definition) is 2. The molecule has 3 atom stereocenters. The van der Waals surface area contributed by atoms with Crippen LogP contribution in [0.4, 0.5) is 0 Å². The first-order valence-electron chi connectivity index (χ1n) is 6.49. The molecule has 0 saturated carbocycles. The maximum absolute atomic E-state index is 11.5. The van der Waals surface area contributed by atoms with Crippen molar-refractivity contribution in [3.05, 3.63) is 11.6 Å². The number of aliphatic hydroxyl groups excluding tert-OH is 1. The van der Waals surface area contributed by atoms with Crippen molar-refractivity contribution in [1.82, 2.24) is 5.32 Å². The summed E-state index contributed by atoms with van der Waals surface area (Å²) in [6.07, 6.45) is 3.75. The van der Waals surface area contributed by atoms with Crippen molar-refractivity contribution in [2.45, 2.75) is 33.6 Å². The van der Waals surface area contributed by atoms with Crippen LogP contribution in [-0.2, 0) is 4.79 Å². The van der Waals surface area contributed by atoms with Crippen LogP contribution in [0.2, 0.25) is 0 Å². The first kappa shape index (κ1) is 14.2. The van der Waals surface area contributed by atoms with Crippen LogP contribution in [0.1, 0.15) is 33.6 Å². The third-order valence-electron chi connectivity index (χ3n) is 4.01. The minimum atomic E-state index is 0.104. The molecule has 0 heterocycles. The van der Waals surface area contributed by atoms with E-state index in [-0.39, 0.29) is 18.4 Å².